The summed E-state index contributed by atoms with van der Waals surface area (Å²) in [6.07, 6.45) is -10.7. The van der Waals surface area contributed by atoms with Gasteiger partial charge in [-0.2, -0.15) is 26.3 Å². The molecule has 1 aliphatic carbocycles. The second kappa shape index (κ2) is 11.7. The van der Waals surface area contributed by atoms with Crippen LogP contribution in [0.2, 0.25) is 5.02 Å². The predicted molar refractivity (Wildman–Crippen MR) is 138 cm³/mol. The molecule has 4 rings (SSSR count). The minimum atomic E-state index is -4.81. The lowest BCUT2D eigenvalue weighted by molar-refractivity contribution is -0.143. The van der Waals surface area contributed by atoms with E-state index < -0.39 is 72.5 Å². The molecule has 1 aliphatic rings. The molecule has 1 atom stereocenters. The Labute approximate surface area is 243 Å². The Hall–Kier alpha value is -4.34. The first-order valence-electron chi connectivity index (χ1n) is 12.5. The third kappa shape index (κ3) is 7.55. The van der Waals surface area contributed by atoms with Crippen molar-refractivity contribution in [1.29, 1.82) is 0 Å². The Kier molecular flexibility index (Phi) is 8.63. The number of halogens is 7. The maximum absolute atomic E-state index is 13.4. The van der Waals surface area contributed by atoms with E-state index in [9.17, 15) is 50.6 Å². The van der Waals surface area contributed by atoms with E-state index in [-0.39, 0.29) is 29.8 Å². The van der Waals surface area contributed by atoms with Gasteiger partial charge in [-0.15, -0.1) is 5.10 Å². The molecule has 3 N–H and O–H groups in total. The monoisotopic (exact) mass is 633 g/mol. The largest absolute Gasteiger partial charge is 0.480 e. The van der Waals surface area contributed by atoms with E-state index in [0.717, 1.165) is 18.2 Å². The van der Waals surface area contributed by atoms with Gasteiger partial charge >= 0.3 is 24.0 Å². The SMILES string of the molecule is O=C(Cn1nc(-c2ccc(Cl)cc2)n(CCC(F)(F)F)c1=O)NC(C(=O)NC1(C(=O)O)CC1)c1cccc(C(F)(F)F)c1. The van der Waals surface area contributed by atoms with Gasteiger partial charge in [0.2, 0.25) is 11.8 Å². The summed E-state index contributed by atoms with van der Waals surface area (Å²) in [7, 11) is 0. The number of nitrogens with one attached hydrogen (secondary N) is 2. The zero-order valence-electron chi connectivity index (χ0n) is 21.8. The second-order valence-corrected chi connectivity index (χ2v) is 10.2. The van der Waals surface area contributed by atoms with Crippen LogP contribution in [-0.4, -0.2) is 49.0 Å². The van der Waals surface area contributed by atoms with Crippen molar-refractivity contribution in [2.24, 2.45) is 0 Å². The normalized spacial score (nSPS) is 15.0. The molecule has 3 aromatic rings. The third-order valence-corrected chi connectivity index (χ3v) is 6.83. The molecule has 1 unspecified atom stereocenters. The predicted octanol–water partition coefficient (Wildman–Crippen LogP) is 3.93. The van der Waals surface area contributed by atoms with Gasteiger partial charge in [-0.05, 0) is 54.8 Å². The van der Waals surface area contributed by atoms with Crippen LogP contribution in [0, 0.1) is 0 Å². The Morgan fingerprint density at radius 3 is 2.26 bits per heavy atom. The number of carboxylic acid groups (broad SMARTS) is 1. The van der Waals surface area contributed by atoms with Crippen LogP contribution in [-0.2, 0) is 33.6 Å². The van der Waals surface area contributed by atoms with Crippen molar-refractivity contribution in [2.75, 3.05) is 0 Å². The maximum Gasteiger partial charge on any atom is 0.416 e. The highest BCUT2D eigenvalue weighted by molar-refractivity contribution is 6.30. The Morgan fingerprint density at radius 2 is 1.70 bits per heavy atom. The number of aliphatic carboxylic acids is 1. The van der Waals surface area contributed by atoms with Crippen molar-refractivity contribution in [3.8, 4) is 11.4 Å². The number of hydrogen-bond donors (Lipinski definition) is 3. The molecular weight excluding hydrogens is 612 g/mol. The molecule has 1 fully saturated rings. The topological polar surface area (TPSA) is 135 Å². The van der Waals surface area contributed by atoms with Crippen molar-refractivity contribution in [3.05, 3.63) is 75.2 Å². The Balaban J connectivity index is 1.65. The van der Waals surface area contributed by atoms with Gasteiger partial charge in [0.1, 0.15) is 18.1 Å². The van der Waals surface area contributed by atoms with E-state index in [1.807, 2.05) is 0 Å². The summed E-state index contributed by atoms with van der Waals surface area (Å²) in [5, 5.41) is 18.1. The molecule has 17 heteroatoms. The van der Waals surface area contributed by atoms with Crippen molar-refractivity contribution < 1.29 is 45.8 Å². The summed E-state index contributed by atoms with van der Waals surface area (Å²) in [5.41, 5.74) is -4.04. The molecule has 1 heterocycles. The molecule has 2 amide bonds. The van der Waals surface area contributed by atoms with E-state index in [2.05, 4.69) is 15.7 Å². The number of hydrogen-bond acceptors (Lipinski definition) is 5. The zero-order chi connectivity index (χ0) is 31.7. The molecular formula is C26H22ClF6N5O5. The average molecular weight is 634 g/mol. The summed E-state index contributed by atoms with van der Waals surface area (Å²) in [6, 6.07) is 7.19. The van der Waals surface area contributed by atoms with Gasteiger partial charge in [-0.3, -0.25) is 14.2 Å². The van der Waals surface area contributed by atoms with Crippen LogP contribution < -0.4 is 16.3 Å². The number of carbonyl (C=O) groups is 3. The summed E-state index contributed by atoms with van der Waals surface area (Å²) in [5.74, 6) is -3.84. The fourth-order valence-corrected chi connectivity index (χ4v) is 4.29. The minimum absolute atomic E-state index is 0.0512. The highest BCUT2D eigenvalue weighted by Gasteiger charge is 2.52. The molecule has 1 aromatic heterocycles. The van der Waals surface area contributed by atoms with E-state index in [1.165, 1.54) is 24.3 Å². The number of amides is 2. The number of carbonyl (C=O) groups excluding carboxylic acids is 2. The van der Waals surface area contributed by atoms with Crippen LogP contribution in [0.5, 0.6) is 0 Å². The number of benzene rings is 2. The van der Waals surface area contributed by atoms with Gasteiger partial charge in [0.25, 0.3) is 0 Å². The quantitative estimate of drug-likeness (QED) is 0.290. The highest BCUT2D eigenvalue weighted by Crippen LogP contribution is 2.37. The minimum Gasteiger partial charge on any atom is -0.480 e. The molecule has 1 saturated carbocycles. The second-order valence-electron chi connectivity index (χ2n) is 9.79. The number of alkyl halides is 6. The van der Waals surface area contributed by atoms with Gasteiger partial charge in [0.05, 0.1) is 12.0 Å². The first-order chi connectivity index (χ1) is 20.0. The molecule has 230 valence electrons. The van der Waals surface area contributed by atoms with E-state index in [1.54, 1.807) is 0 Å². The van der Waals surface area contributed by atoms with Crippen LogP contribution in [0.1, 0.15) is 36.4 Å². The first kappa shape index (κ1) is 31.6. The zero-order valence-corrected chi connectivity index (χ0v) is 22.6. The van der Waals surface area contributed by atoms with E-state index in [0.29, 0.717) is 20.3 Å². The van der Waals surface area contributed by atoms with Crippen LogP contribution in [0.25, 0.3) is 11.4 Å². The van der Waals surface area contributed by atoms with Gasteiger partial charge in [0, 0.05) is 17.1 Å². The first-order valence-corrected chi connectivity index (χ1v) is 12.9. The summed E-state index contributed by atoms with van der Waals surface area (Å²) in [6.45, 7) is -1.78. The Bertz CT molecular complexity index is 1600. The lowest BCUT2D eigenvalue weighted by Gasteiger charge is -2.22. The van der Waals surface area contributed by atoms with Crippen LogP contribution in [0.15, 0.2) is 53.3 Å². The molecule has 0 aliphatic heterocycles. The van der Waals surface area contributed by atoms with Crippen LogP contribution in [0.4, 0.5) is 26.3 Å². The van der Waals surface area contributed by atoms with Crippen molar-refractivity contribution in [2.45, 2.75) is 56.3 Å². The smallest absolute Gasteiger partial charge is 0.416 e. The average Bonchev–Trinajstić information content (AvgIpc) is 3.64. The van der Waals surface area contributed by atoms with Crippen molar-refractivity contribution in [1.82, 2.24) is 25.0 Å². The van der Waals surface area contributed by atoms with Crippen LogP contribution in [0.3, 0.4) is 0 Å². The lowest BCUT2D eigenvalue weighted by atomic mass is 10.0. The number of nitrogens with zero attached hydrogens (tertiary/aromatic N) is 3. The van der Waals surface area contributed by atoms with Crippen molar-refractivity contribution in [3.63, 3.8) is 0 Å². The summed E-state index contributed by atoms with van der Waals surface area (Å²) < 4.78 is 80.2. The lowest BCUT2D eigenvalue weighted by Crippen LogP contribution is -2.49. The van der Waals surface area contributed by atoms with Gasteiger partial charge in [0.15, 0.2) is 5.82 Å². The number of aromatic nitrogens is 3. The van der Waals surface area contributed by atoms with Gasteiger partial charge in [-0.25, -0.2) is 14.3 Å². The van der Waals surface area contributed by atoms with Gasteiger partial charge in [-0.1, -0.05) is 23.7 Å². The number of carboxylic acids is 1. The molecule has 0 radical (unpaired) electrons. The van der Waals surface area contributed by atoms with Crippen LogP contribution >= 0.6 is 11.6 Å². The Morgan fingerprint density at radius 1 is 1.05 bits per heavy atom. The van der Waals surface area contributed by atoms with Crippen molar-refractivity contribution >= 4 is 29.4 Å². The third-order valence-electron chi connectivity index (χ3n) is 6.57. The molecule has 0 saturated heterocycles. The van der Waals surface area contributed by atoms with E-state index >= 15 is 0 Å². The molecule has 43 heavy (non-hydrogen) atoms. The fraction of sp³-hybridized carbons (Fsp3) is 0.346. The molecule has 10 nitrogen and oxygen atoms in total. The summed E-state index contributed by atoms with van der Waals surface area (Å²) >= 11 is 5.86. The number of rotatable bonds is 10. The highest BCUT2D eigenvalue weighted by atomic mass is 35.5. The summed E-state index contributed by atoms with van der Waals surface area (Å²) in [4.78, 5) is 50.7. The van der Waals surface area contributed by atoms with Gasteiger partial charge < -0.3 is 15.7 Å². The molecule has 0 bridgehead atoms. The maximum atomic E-state index is 13.4. The fourth-order valence-electron chi connectivity index (χ4n) is 4.16. The standard InChI is InChI=1S/C26H22ClF6N5O5/c27-17-6-4-14(5-7-17)20-36-38(23(43)37(20)11-10-25(28,29)30)13-18(39)34-19(21(40)35-24(8-9-24)22(41)42)15-2-1-3-16(12-15)26(31,32)33/h1-7,12,19H,8-11,13H2,(H,34,39)(H,35,40)(H,41,42). The molecule has 2 aromatic carbocycles. The van der Waals surface area contributed by atoms with E-state index in [4.69, 9.17) is 11.6 Å². The molecule has 0 spiro atoms.